The third-order valence-corrected chi connectivity index (χ3v) is 5.00. The van der Waals surface area contributed by atoms with Crippen molar-refractivity contribution in [3.8, 4) is 0 Å². The third-order valence-electron chi connectivity index (χ3n) is 5.00. The Kier molecular flexibility index (Phi) is 3.13. The average molecular weight is 250 g/mol. The number of likely N-dealkylation sites (tertiary alicyclic amines) is 1. The number of nitrogens with zero attached hydrogens (tertiary/aromatic N) is 1. The molecule has 0 bridgehead atoms. The standard InChI is InChI=1S/C15H26N2O/c1-15(2)8-5-12(6-9-15)17-10-7-13(14(17)18)16-11-3-4-11/h11-13,16H,3-10H2,1-2H3. The first-order chi connectivity index (χ1) is 8.55. The molecule has 0 aromatic rings. The van der Waals surface area contributed by atoms with Crippen LogP contribution in [0.5, 0.6) is 0 Å². The van der Waals surface area contributed by atoms with E-state index in [4.69, 9.17) is 0 Å². The summed E-state index contributed by atoms with van der Waals surface area (Å²) in [5.41, 5.74) is 0.491. The highest BCUT2D eigenvalue weighted by atomic mass is 16.2. The highest BCUT2D eigenvalue weighted by Crippen LogP contribution is 2.38. The Hall–Kier alpha value is -0.570. The fraction of sp³-hybridized carbons (Fsp3) is 0.933. The van der Waals surface area contributed by atoms with E-state index in [1.165, 1.54) is 38.5 Å². The van der Waals surface area contributed by atoms with E-state index in [0.29, 0.717) is 23.4 Å². The van der Waals surface area contributed by atoms with Gasteiger partial charge in [0.15, 0.2) is 0 Å². The Balaban J connectivity index is 1.55. The van der Waals surface area contributed by atoms with Crippen molar-refractivity contribution >= 4 is 5.91 Å². The van der Waals surface area contributed by atoms with Crippen molar-refractivity contribution in [2.75, 3.05) is 6.54 Å². The van der Waals surface area contributed by atoms with Crippen LogP contribution in [0, 0.1) is 5.41 Å². The molecule has 1 atom stereocenters. The van der Waals surface area contributed by atoms with Crippen molar-refractivity contribution in [1.29, 1.82) is 0 Å². The van der Waals surface area contributed by atoms with Gasteiger partial charge >= 0.3 is 0 Å². The number of carbonyl (C=O) groups is 1. The Morgan fingerprint density at radius 3 is 2.39 bits per heavy atom. The van der Waals surface area contributed by atoms with E-state index in [-0.39, 0.29) is 6.04 Å². The first-order valence-electron chi connectivity index (χ1n) is 7.62. The summed E-state index contributed by atoms with van der Waals surface area (Å²) in [5, 5.41) is 3.50. The van der Waals surface area contributed by atoms with Crippen LogP contribution in [0.3, 0.4) is 0 Å². The molecule has 0 radical (unpaired) electrons. The average Bonchev–Trinajstić information content (AvgIpc) is 3.06. The van der Waals surface area contributed by atoms with Gasteiger partial charge in [-0.3, -0.25) is 4.79 Å². The van der Waals surface area contributed by atoms with Crippen LogP contribution in [0.25, 0.3) is 0 Å². The highest BCUT2D eigenvalue weighted by Gasteiger charge is 2.40. The SMILES string of the molecule is CC1(C)CCC(N2CCC(NC3CC3)C2=O)CC1. The van der Waals surface area contributed by atoms with Crippen molar-refractivity contribution in [3.05, 3.63) is 0 Å². The van der Waals surface area contributed by atoms with Crippen LogP contribution in [0.4, 0.5) is 0 Å². The molecule has 102 valence electrons. The molecule has 1 aliphatic heterocycles. The van der Waals surface area contributed by atoms with Crippen LogP contribution in [0.1, 0.15) is 58.8 Å². The minimum absolute atomic E-state index is 0.132. The fourth-order valence-corrected chi connectivity index (χ4v) is 3.45. The zero-order valence-electron chi connectivity index (χ0n) is 11.7. The molecule has 1 heterocycles. The summed E-state index contributed by atoms with van der Waals surface area (Å²) in [4.78, 5) is 14.6. The zero-order chi connectivity index (χ0) is 12.8. The summed E-state index contributed by atoms with van der Waals surface area (Å²) in [6.45, 7) is 5.69. The predicted molar refractivity (Wildman–Crippen MR) is 72.3 cm³/mol. The summed E-state index contributed by atoms with van der Waals surface area (Å²) in [7, 11) is 0. The van der Waals surface area contributed by atoms with E-state index < -0.39 is 0 Å². The van der Waals surface area contributed by atoms with Crippen LogP contribution >= 0.6 is 0 Å². The molecule has 0 aromatic heterocycles. The van der Waals surface area contributed by atoms with Gasteiger partial charge in [-0.1, -0.05) is 13.8 Å². The van der Waals surface area contributed by atoms with Gasteiger partial charge in [-0.05, 0) is 50.4 Å². The van der Waals surface area contributed by atoms with Crippen LogP contribution in [-0.2, 0) is 4.79 Å². The van der Waals surface area contributed by atoms with E-state index >= 15 is 0 Å². The lowest BCUT2D eigenvalue weighted by Gasteiger charge is -2.38. The maximum absolute atomic E-state index is 12.4. The van der Waals surface area contributed by atoms with Crippen LogP contribution in [-0.4, -0.2) is 35.5 Å². The maximum Gasteiger partial charge on any atom is 0.240 e. The van der Waals surface area contributed by atoms with Gasteiger partial charge in [-0.25, -0.2) is 0 Å². The normalized spacial score (nSPS) is 33.1. The Bertz CT molecular complexity index is 325. The number of carbonyl (C=O) groups excluding carboxylic acids is 1. The molecular formula is C15H26N2O. The molecule has 3 rings (SSSR count). The summed E-state index contributed by atoms with van der Waals surface area (Å²) < 4.78 is 0. The Morgan fingerprint density at radius 2 is 1.78 bits per heavy atom. The molecule has 3 nitrogen and oxygen atoms in total. The second-order valence-electron chi connectivity index (χ2n) is 7.21. The number of rotatable bonds is 3. The van der Waals surface area contributed by atoms with Gasteiger partial charge in [0.1, 0.15) is 0 Å². The highest BCUT2D eigenvalue weighted by molar-refractivity contribution is 5.84. The fourth-order valence-electron chi connectivity index (χ4n) is 3.45. The molecule has 1 unspecified atom stereocenters. The monoisotopic (exact) mass is 250 g/mol. The summed E-state index contributed by atoms with van der Waals surface area (Å²) in [6.07, 6.45) is 8.49. The van der Waals surface area contributed by atoms with Crippen LogP contribution < -0.4 is 5.32 Å². The van der Waals surface area contributed by atoms with E-state index in [1.54, 1.807) is 0 Å². The minimum atomic E-state index is 0.132. The van der Waals surface area contributed by atoms with Crippen molar-refractivity contribution in [3.63, 3.8) is 0 Å². The molecule has 2 saturated carbocycles. The van der Waals surface area contributed by atoms with Gasteiger partial charge < -0.3 is 10.2 Å². The second-order valence-corrected chi connectivity index (χ2v) is 7.21. The van der Waals surface area contributed by atoms with E-state index in [9.17, 15) is 4.79 Å². The number of hydrogen-bond donors (Lipinski definition) is 1. The van der Waals surface area contributed by atoms with Gasteiger partial charge in [0.05, 0.1) is 6.04 Å². The quantitative estimate of drug-likeness (QED) is 0.833. The lowest BCUT2D eigenvalue weighted by molar-refractivity contribution is -0.132. The summed E-state index contributed by atoms with van der Waals surface area (Å²) in [5.74, 6) is 0.381. The smallest absolute Gasteiger partial charge is 0.240 e. The Labute approximate surface area is 110 Å². The third kappa shape index (κ3) is 2.56. The molecule has 0 spiro atoms. The summed E-state index contributed by atoms with van der Waals surface area (Å²) in [6, 6.07) is 1.30. The van der Waals surface area contributed by atoms with Crippen molar-refractivity contribution < 1.29 is 4.79 Å². The van der Waals surface area contributed by atoms with Gasteiger partial charge in [0.25, 0.3) is 0 Å². The van der Waals surface area contributed by atoms with E-state index in [2.05, 4.69) is 24.1 Å². The zero-order valence-corrected chi connectivity index (χ0v) is 11.7. The van der Waals surface area contributed by atoms with Gasteiger partial charge in [-0.2, -0.15) is 0 Å². The van der Waals surface area contributed by atoms with Crippen molar-refractivity contribution in [1.82, 2.24) is 10.2 Å². The molecule has 0 aromatic carbocycles. The lowest BCUT2D eigenvalue weighted by atomic mass is 9.75. The molecule has 1 N–H and O–H groups in total. The first kappa shape index (κ1) is 12.5. The van der Waals surface area contributed by atoms with E-state index in [0.717, 1.165) is 13.0 Å². The van der Waals surface area contributed by atoms with Gasteiger partial charge in [0.2, 0.25) is 5.91 Å². The van der Waals surface area contributed by atoms with Gasteiger partial charge in [-0.15, -0.1) is 0 Å². The largest absolute Gasteiger partial charge is 0.338 e. The maximum atomic E-state index is 12.4. The second kappa shape index (κ2) is 4.52. The van der Waals surface area contributed by atoms with Crippen LogP contribution in [0.15, 0.2) is 0 Å². The van der Waals surface area contributed by atoms with Crippen molar-refractivity contribution in [2.24, 2.45) is 5.41 Å². The van der Waals surface area contributed by atoms with Crippen LogP contribution in [0.2, 0.25) is 0 Å². The Morgan fingerprint density at radius 1 is 1.11 bits per heavy atom. The molecule has 3 aliphatic rings. The predicted octanol–water partition coefficient (Wildman–Crippen LogP) is 2.31. The molecule has 1 amide bonds. The number of hydrogen-bond acceptors (Lipinski definition) is 2. The lowest BCUT2D eigenvalue weighted by Crippen LogP contribution is -2.45. The molecular weight excluding hydrogens is 224 g/mol. The topological polar surface area (TPSA) is 32.3 Å². The van der Waals surface area contributed by atoms with Gasteiger partial charge in [0, 0.05) is 18.6 Å². The number of amides is 1. The molecule has 3 fully saturated rings. The number of nitrogens with one attached hydrogen (secondary N) is 1. The molecule has 18 heavy (non-hydrogen) atoms. The molecule has 1 saturated heterocycles. The molecule has 2 aliphatic carbocycles. The first-order valence-corrected chi connectivity index (χ1v) is 7.62. The van der Waals surface area contributed by atoms with Crippen molar-refractivity contribution in [2.45, 2.75) is 76.9 Å². The molecule has 3 heteroatoms. The minimum Gasteiger partial charge on any atom is -0.338 e. The van der Waals surface area contributed by atoms with E-state index in [1.807, 2.05) is 0 Å². The summed E-state index contributed by atoms with van der Waals surface area (Å²) >= 11 is 0.